The molecule has 1 N–H and O–H groups in total. The first-order chi connectivity index (χ1) is 15.8. The van der Waals surface area contributed by atoms with Gasteiger partial charge >= 0.3 is 0 Å². The van der Waals surface area contributed by atoms with E-state index in [2.05, 4.69) is 5.32 Å². The average molecular weight is 457 g/mol. The molecule has 176 valence electrons. The second-order valence-corrected chi connectivity index (χ2v) is 9.24. The van der Waals surface area contributed by atoms with E-state index in [1.54, 1.807) is 11.8 Å². The van der Waals surface area contributed by atoms with Gasteiger partial charge in [0.25, 0.3) is 11.8 Å². The van der Waals surface area contributed by atoms with Crippen LogP contribution in [0.3, 0.4) is 0 Å². The summed E-state index contributed by atoms with van der Waals surface area (Å²) in [4.78, 5) is 27.2. The number of carbonyl (C=O) groups is 2. The number of carbonyl (C=O) groups excluding carboxylic acids is 2. The molecule has 5 nitrogen and oxygen atoms in total. The number of likely N-dealkylation sites (tertiary alicyclic amines) is 1. The van der Waals surface area contributed by atoms with Crippen LogP contribution in [0.4, 0.5) is 8.78 Å². The van der Waals surface area contributed by atoms with Gasteiger partial charge in [-0.15, -0.1) is 0 Å². The Kier molecular flexibility index (Phi) is 6.96. The standard InChI is InChI=1S/C26H30F2N2O3/c1-18-24(31)29-17-26(9-5-4-7-19-6-2-3-8-23(19)33-18)10-12-30(13-11-26)25(32)20-14-21(27)16-22(28)15-20/h2-3,6,8,14-16,18H,4-5,7,9-13,17H2,1H3,(H,29,31)/t18-/m1/s1. The van der Waals surface area contributed by atoms with Crippen LogP contribution in [0.2, 0.25) is 0 Å². The van der Waals surface area contributed by atoms with Gasteiger partial charge in [-0.3, -0.25) is 9.59 Å². The Labute approximate surface area is 193 Å². The van der Waals surface area contributed by atoms with Crippen molar-refractivity contribution >= 4 is 11.8 Å². The van der Waals surface area contributed by atoms with Gasteiger partial charge in [-0.1, -0.05) is 24.6 Å². The van der Waals surface area contributed by atoms with Crippen molar-refractivity contribution in [3.63, 3.8) is 0 Å². The van der Waals surface area contributed by atoms with Crippen molar-refractivity contribution in [1.29, 1.82) is 0 Å². The number of para-hydroxylation sites is 1. The number of aryl methyl sites for hydroxylation is 1. The molecule has 1 saturated heterocycles. The molecule has 0 unspecified atom stereocenters. The highest BCUT2D eigenvalue weighted by molar-refractivity contribution is 5.94. The van der Waals surface area contributed by atoms with Gasteiger partial charge in [-0.25, -0.2) is 8.78 Å². The fourth-order valence-electron chi connectivity index (χ4n) is 4.86. The van der Waals surface area contributed by atoms with Crippen molar-refractivity contribution in [2.45, 2.75) is 51.6 Å². The molecule has 2 aliphatic rings. The average Bonchev–Trinajstić information content (AvgIpc) is 2.80. The Morgan fingerprint density at radius 2 is 1.76 bits per heavy atom. The number of fused-ring (bicyclic) bond motifs is 1. The summed E-state index contributed by atoms with van der Waals surface area (Å²) in [5.41, 5.74) is 1.02. The molecule has 0 aromatic heterocycles. The fraction of sp³-hybridized carbons (Fsp3) is 0.462. The Bertz CT molecular complexity index is 998. The molecule has 2 heterocycles. The maximum absolute atomic E-state index is 13.6. The van der Waals surface area contributed by atoms with Crippen molar-refractivity contribution in [2.75, 3.05) is 19.6 Å². The Morgan fingerprint density at radius 3 is 2.48 bits per heavy atom. The van der Waals surface area contributed by atoms with Crippen LogP contribution in [0, 0.1) is 17.0 Å². The highest BCUT2D eigenvalue weighted by Crippen LogP contribution is 2.37. The summed E-state index contributed by atoms with van der Waals surface area (Å²) in [6, 6.07) is 10.8. The van der Waals surface area contributed by atoms with E-state index in [4.69, 9.17) is 4.74 Å². The summed E-state index contributed by atoms with van der Waals surface area (Å²) in [7, 11) is 0. The number of hydrogen-bond donors (Lipinski definition) is 1. The predicted molar refractivity (Wildman–Crippen MR) is 121 cm³/mol. The second kappa shape index (κ2) is 9.89. The van der Waals surface area contributed by atoms with Gasteiger partial charge in [-0.2, -0.15) is 0 Å². The van der Waals surface area contributed by atoms with E-state index < -0.39 is 17.7 Å². The third kappa shape index (κ3) is 5.52. The van der Waals surface area contributed by atoms with Gasteiger partial charge in [0.1, 0.15) is 17.4 Å². The molecule has 2 aromatic carbocycles. The number of nitrogens with zero attached hydrogens (tertiary/aromatic N) is 1. The monoisotopic (exact) mass is 456 g/mol. The Hall–Kier alpha value is -2.96. The number of nitrogens with one attached hydrogen (secondary N) is 1. The van der Waals surface area contributed by atoms with Crippen LogP contribution in [0.5, 0.6) is 5.75 Å². The molecule has 2 aromatic rings. The molecule has 0 aliphatic carbocycles. The molecule has 2 aliphatic heterocycles. The van der Waals surface area contributed by atoms with Crippen LogP contribution in [0.1, 0.15) is 54.9 Å². The minimum Gasteiger partial charge on any atom is -0.481 e. The van der Waals surface area contributed by atoms with Gasteiger partial charge in [0.15, 0.2) is 6.10 Å². The zero-order valence-corrected chi connectivity index (χ0v) is 18.9. The van der Waals surface area contributed by atoms with Gasteiger partial charge in [0, 0.05) is 31.3 Å². The first-order valence-electron chi connectivity index (χ1n) is 11.6. The third-order valence-corrected chi connectivity index (χ3v) is 6.91. The summed E-state index contributed by atoms with van der Waals surface area (Å²) in [5.74, 6) is -1.27. The zero-order valence-electron chi connectivity index (χ0n) is 18.9. The van der Waals surface area contributed by atoms with Gasteiger partial charge in [-0.05, 0) is 68.2 Å². The summed E-state index contributed by atoms with van der Waals surface area (Å²) in [6.07, 6.45) is 4.69. The number of amides is 2. The van der Waals surface area contributed by atoms with E-state index in [1.165, 1.54) is 0 Å². The number of rotatable bonds is 1. The maximum Gasteiger partial charge on any atom is 0.260 e. The minimum atomic E-state index is -0.758. The van der Waals surface area contributed by atoms with Gasteiger partial charge in [0.2, 0.25) is 0 Å². The molecule has 0 bridgehead atoms. The second-order valence-electron chi connectivity index (χ2n) is 9.24. The Morgan fingerprint density at radius 1 is 1.06 bits per heavy atom. The van der Waals surface area contributed by atoms with Crippen molar-refractivity contribution in [1.82, 2.24) is 10.2 Å². The van der Waals surface area contributed by atoms with Crippen molar-refractivity contribution < 1.29 is 23.1 Å². The highest BCUT2D eigenvalue weighted by atomic mass is 19.1. The van der Waals surface area contributed by atoms with E-state index in [-0.39, 0.29) is 22.8 Å². The molecule has 2 amide bonds. The molecule has 7 heteroatoms. The van der Waals surface area contributed by atoms with Crippen LogP contribution in [-0.4, -0.2) is 42.5 Å². The summed E-state index contributed by atoms with van der Waals surface area (Å²) >= 11 is 0. The summed E-state index contributed by atoms with van der Waals surface area (Å²) < 4.78 is 33.1. The smallest absolute Gasteiger partial charge is 0.260 e. The number of halogens is 2. The van der Waals surface area contributed by atoms with E-state index in [9.17, 15) is 18.4 Å². The SMILES string of the molecule is C[C@H]1Oc2ccccc2CCCCC2(CCN(C(=O)c3cc(F)cc(F)c3)CC2)CNC1=O. The largest absolute Gasteiger partial charge is 0.481 e. The minimum absolute atomic E-state index is 0.0279. The maximum atomic E-state index is 13.6. The first-order valence-corrected chi connectivity index (χ1v) is 11.6. The molecule has 1 fully saturated rings. The van der Waals surface area contributed by atoms with E-state index in [0.29, 0.717) is 19.6 Å². The van der Waals surface area contributed by atoms with Crippen molar-refractivity contribution in [3.05, 3.63) is 65.2 Å². The fourth-order valence-corrected chi connectivity index (χ4v) is 4.86. The lowest BCUT2D eigenvalue weighted by Gasteiger charge is -2.42. The van der Waals surface area contributed by atoms with Crippen LogP contribution in [-0.2, 0) is 11.2 Å². The normalized spacial score (nSPS) is 21.2. The lowest BCUT2D eigenvalue weighted by atomic mass is 9.74. The third-order valence-electron chi connectivity index (χ3n) is 6.91. The lowest BCUT2D eigenvalue weighted by Crippen LogP contribution is -2.49. The van der Waals surface area contributed by atoms with E-state index >= 15 is 0 Å². The molecular formula is C26H30F2N2O3. The van der Waals surface area contributed by atoms with Crippen molar-refractivity contribution in [2.24, 2.45) is 5.41 Å². The van der Waals surface area contributed by atoms with Crippen LogP contribution >= 0.6 is 0 Å². The van der Waals surface area contributed by atoms with Crippen LogP contribution < -0.4 is 10.1 Å². The highest BCUT2D eigenvalue weighted by Gasteiger charge is 2.37. The summed E-state index contributed by atoms with van der Waals surface area (Å²) in [5, 5.41) is 3.07. The number of ether oxygens (including phenoxy) is 1. The lowest BCUT2D eigenvalue weighted by molar-refractivity contribution is -0.128. The molecule has 1 spiro atoms. The Balaban J connectivity index is 1.44. The molecule has 0 radical (unpaired) electrons. The molecule has 4 rings (SSSR count). The zero-order chi connectivity index (χ0) is 23.4. The predicted octanol–water partition coefficient (Wildman–Crippen LogP) is 4.50. The topological polar surface area (TPSA) is 58.6 Å². The molecule has 0 saturated carbocycles. The van der Waals surface area contributed by atoms with Crippen LogP contribution in [0.15, 0.2) is 42.5 Å². The van der Waals surface area contributed by atoms with Gasteiger partial charge in [0.05, 0.1) is 0 Å². The van der Waals surface area contributed by atoms with Crippen LogP contribution in [0.25, 0.3) is 0 Å². The van der Waals surface area contributed by atoms with E-state index in [1.807, 2.05) is 24.3 Å². The number of hydrogen-bond acceptors (Lipinski definition) is 3. The number of piperidine rings is 1. The van der Waals surface area contributed by atoms with E-state index in [0.717, 1.165) is 68.0 Å². The molecule has 33 heavy (non-hydrogen) atoms. The van der Waals surface area contributed by atoms with Crippen molar-refractivity contribution in [3.8, 4) is 5.75 Å². The molecule has 1 atom stereocenters. The molecular weight excluding hydrogens is 426 g/mol. The summed E-state index contributed by atoms with van der Waals surface area (Å²) in [6.45, 7) is 3.26. The number of benzene rings is 2. The first kappa shape index (κ1) is 23.2. The van der Waals surface area contributed by atoms with Gasteiger partial charge < -0.3 is 15.0 Å². The quantitative estimate of drug-likeness (QED) is 0.688.